The SMILES string of the molecule is C[C@@H]1Cc2c(Br)c3c(c(Br)c2C1=O)CCC3. The predicted octanol–water partition coefficient (Wildman–Crippen LogP) is 4.08. The summed E-state index contributed by atoms with van der Waals surface area (Å²) in [6.45, 7) is 2.02. The van der Waals surface area contributed by atoms with E-state index in [2.05, 4.69) is 31.9 Å². The predicted molar refractivity (Wildman–Crippen MR) is 71.1 cm³/mol. The van der Waals surface area contributed by atoms with Crippen LogP contribution >= 0.6 is 31.9 Å². The first-order valence-corrected chi connectivity index (χ1v) is 7.25. The molecule has 2 aliphatic carbocycles. The smallest absolute Gasteiger partial charge is 0.167 e. The molecule has 0 spiro atoms. The van der Waals surface area contributed by atoms with Gasteiger partial charge in [-0.15, -0.1) is 0 Å². The van der Waals surface area contributed by atoms with Crippen molar-refractivity contribution in [3.8, 4) is 0 Å². The van der Waals surface area contributed by atoms with Gasteiger partial charge in [-0.1, -0.05) is 22.9 Å². The van der Waals surface area contributed by atoms with E-state index < -0.39 is 0 Å². The van der Waals surface area contributed by atoms with E-state index in [1.54, 1.807) is 0 Å². The number of halogens is 2. The average Bonchev–Trinajstić information content (AvgIpc) is 2.83. The molecule has 0 saturated carbocycles. The summed E-state index contributed by atoms with van der Waals surface area (Å²) in [6.07, 6.45) is 4.34. The number of Topliss-reactive ketones (excluding diaryl/α,β-unsaturated/α-hetero) is 1. The second kappa shape index (κ2) is 3.67. The molecule has 1 aromatic carbocycles. The molecule has 0 aromatic heterocycles. The molecule has 1 nitrogen and oxygen atoms in total. The summed E-state index contributed by atoms with van der Waals surface area (Å²) in [7, 11) is 0. The number of hydrogen-bond acceptors (Lipinski definition) is 1. The minimum atomic E-state index is 0.144. The molecular weight excluding hydrogens is 332 g/mol. The van der Waals surface area contributed by atoms with Crippen molar-refractivity contribution < 1.29 is 4.79 Å². The Bertz CT molecular complexity index is 505. The summed E-state index contributed by atoms with van der Waals surface area (Å²) in [6, 6.07) is 0. The Morgan fingerprint density at radius 2 is 1.69 bits per heavy atom. The van der Waals surface area contributed by atoms with Crippen LogP contribution in [-0.4, -0.2) is 5.78 Å². The van der Waals surface area contributed by atoms with E-state index in [-0.39, 0.29) is 5.92 Å². The van der Waals surface area contributed by atoms with Crippen LogP contribution in [0.2, 0.25) is 0 Å². The fraction of sp³-hybridized carbons (Fsp3) is 0.462. The molecule has 0 radical (unpaired) electrons. The molecule has 3 heteroatoms. The highest BCUT2D eigenvalue weighted by molar-refractivity contribution is 9.11. The third kappa shape index (κ3) is 1.31. The van der Waals surface area contributed by atoms with Crippen molar-refractivity contribution in [2.75, 3.05) is 0 Å². The van der Waals surface area contributed by atoms with Gasteiger partial charge in [0, 0.05) is 20.4 Å². The maximum Gasteiger partial charge on any atom is 0.167 e. The summed E-state index contributed by atoms with van der Waals surface area (Å²) in [5, 5.41) is 0. The van der Waals surface area contributed by atoms with Crippen LogP contribution in [0, 0.1) is 5.92 Å². The Labute approximate surface area is 112 Å². The topological polar surface area (TPSA) is 17.1 Å². The van der Waals surface area contributed by atoms with Crippen molar-refractivity contribution in [2.45, 2.75) is 32.6 Å². The lowest BCUT2D eigenvalue weighted by molar-refractivity contribution is 0.0945. The first kappa shape index (κ1) is 11.0. The van der Waals surface area contributed by atoms with Crippen LogP contribution in [0.1, 0.15) is 40.4 Å². The quantitative estimate of drug-likeness (QED) is 0.693. The second-order valence-electron chi connectivity index (χ2n) is 4.76. The Morgan fingerprint density at radius 3 is 2.38 bits per heavy atom. The minimum absolute atomic E-state index is 0.144. The highest BCUT2D eigenvalue weighted by Crippen LogP contribution is 2.44. The van der Waals surface area contributed by atoms with Gasteiger partial charge in [0.2, 0.25) is 0 Å². The Hall–Kier alpha value is -0.150. The van der Waals surface area contributed by atoms with Crippen molar-refractivity contribution in [1.82, 2.24) is 0 Å². The summed E-state index contributed by atoms with van der Waals surface area (Å²) < 4.78 is 2.28. The summed E-state index contributed by atoms with van der Waals surface area (Å²) in [5.41, 5.74) is 4.95. The lowest BCUT2D eigenvalue weighted by atomic mass is 10.0. The van der Waals surface area contributed by atoms with Crippen molar-refractivity contribution in [2.24, 2.45) is 5.92 Å². The normalized spacial score (nSPS) is 22.4. The molecule has 0 bridgehead atoms. The van der Waals surface area contributed by atoms with Gasteiger partial charge in [0.1, 0.15) is 0 Å². The molecule has 16 heavy (non-hydrogen) atoms. The number of carbonyl (C=O) groups is 1. The summed E-state index contributed by atoms with van der Waals surface area (Å²) in [5.74, 6) is 0.447. The number of hydrogen-bond donors (Lipinski definition) is 0. The minimum Gasteiger partial charge on any atom is -0.294 e. The second-order valence-corrected chi connectivity index (χ2v) is 6.35. The molecule has 84 valence electrons. The van der Waals surface area contributed by atoms with Crippen LogP contribution < -0.4 is 0 Å². The van der Waals surface area contributed by atoms with Crippen LogP contribution in [0.5, 0.6) is 0 Å². The Kier molecular flexibility index (Phi) is 2.52. The zero-order valence-corrected chi connectivity index (χ0v) is 12.2. The third-order valence-corrected chi connectivity index (χ3v) is 5.57. The number of ketones is 1. The van der Waals surface area contributed by atoms with E-state index in [9.17, 15) is 4.79 Å². The average molecular weight is 344 g/mol. The third-order valence-electron chi connectivity index (χ3n) is 3.74. The van der Waals surface area contributed by atoms with Gasteiger partial charge in [0.05, 0.1) is 0 Å². The van der Waals surface area contributed by atoms with Gasteiger partial charge in [-0.2, -0.15) is 0 Å². The molecular formula is C13H12Br2O. The van der Waals surface area contributed by atoms with E-state index >= 15 is 0 Å². The molecule has 2 aliphatic rings. The first-order valence-electron chi connectivity index (χ1n) is 5.67. The van der Waals surface area contributed by atoms with Crippen LogP contribution in [0.4, 0.5) is 0 Å². The lowest BCUT2D eigenvalue weighted by Crippen LogP contribution is -2.04. The fourth-order valence-corrected chi connectivity index (χ4v) is 4.57. The van der Waals surface area contributed by atoms with Gasteiger partial charge in [0.15, 0.2) is 5.78 Å². The molecule has 3 rings (SSSR count). The zero-order valence-electron chi connectivity index (χ0n) is 9.07. The first-order chi connectivity index (χ1) is 7.61. The van der Waals surface area contributed by atoms with E-state index in [0.717, 1.165) is 29.3 Å². The van der Waals surface area contributed by atoms with Crippen molar-refractivity contribution in [3.05, 3.63) is 31.2 Å². The molecule has 0 heterocycles. The molecule has 0 amide bonds. The van der Waals surface area contributed by atoms with E-state index in [4.69, 9.17) is 0 Å². The molecule has 1 aromatic rings. The van der Waals surface area contributed by atoms with Crippen LogP contribution in [-0.2, 0) is 19.3 Å². The van der Waals surface area contributed by atoms with Gasteiger partial charge in [-0.25, -0.2) is 0 Å². The van der Waals surface area contributed by atoms with Crippen LogP contribution in [0.3, 0.4) is 0 Å². The maximum absolute atomic E-state index is 12.1. The molecule has 0 fully saturated rings. The van der Waals surface area contributed by atoms with Gasteiger partial charge >= 0.3 is 0 Å². The van der Waals surface area contributed by atoms with Crippen molar-refractivity contribution in [3.63, 3.8) is 0 Å². The Morgan fingerprint density at radius 1 is 1.06 bits per heavy atom. The number of fused-ring (bicyclic) bond motifs is 2. The summed E-state index contributed by atoms with van der Waals surface area (Å²) >= 11 is 7.34. The number of rotatable bonds is 0. The maximum atomic E-state index is 12.1. The van der Waals surface area contributed by atoms with Crippen LogP contribution in [0.25, 0.3) is 0 Å². The largest absolute Gasteiger partial charge is 0.294 e. The highest BCUT2D eigenvalue weighted by atomic mass is 79.9. The van der Waals surface area contributed by atoms with Crippen molar-refractivity contribution >= 4 is 37.6 Å². The molecule has 0 aliphatic heterocycles. The van der Waals surface area contributed by atoms with Crippen molar-refractivity contribution in [1.29, 1.82) is 0 Å². The van der Waals surface area contributed by atoms with Gasteiger partial charge < -0.3 is 0 Å². The Balaban J connectivity index is 2.34. The molecule has 0 N–H and O–H groups in total. The van der Waals surface area contributed by atoms with Gasteiger partial charge in [-0.3, -0.25) is 4.79 Å². The van der Waals surface area contributed by atoms with E-state index in [1.165, 1.54) is 27.6 Å². The number of carbonyl (C=O) groups excluding carboxylic acids is 1. The zero-order chi connectivity index (χ0) is 11.4. The van der Waals surface area contributed by atoms with Gasteiger partial charge in [0.25, 0.3) is 0 Å². The summed E-state index contributed by atoms with van der Waals surface area (Å²) in [4.78, 5) is 12.1. The molecule has 1 atom stereocenters. The number of benzene rings is 1. The molecule has 0 saturated heterocycles. The van der Waals surface area contributed by atoms with E-state index in [0.29, 0.717) is 5.78 Å². The van der Waals surface area contributed by atoms with Crippen LogP contribution in [0.15, 0.2) is 8.95 Å². The lowest BCUT2D eigenvalue weighted by Gasteiger charge is -2.11. The van der Waals surface area contributed by atoms with Gasteiger partial charge in [-0.05, 0) is 58.3 Å². The standard InChI is InChI=1S/C13H12Br2O/c1-6-5-9-10(13(6)16)12(15)8-4-2-3-7(8)11(9)14/h6H,2-5H2,1H3/t6-/m1/s1. The molecule has 0 unspecified atom stereocenters. The highest BCUT2D eigenvalue weighted by Gasteiger charge is 2.34. The monoisotopic (exact) mass is 342 g/mol. The fourth-order valence-electron chi connectivity index (χ4n) is 2.90. The van der Waals surface area contributed by atoms with E-state index in [1.807, 2.05) is 6.92 Å².